The average Bonchev–Trinajstić information content (AvgIpc) is 2.40. The maximum absolute atomic E-state index is 6.47. The van der Waals surface area contributed by atoms with E-state index in [4.69, 9.17) is 10.5 Å². The highest BCUT2D eigenvalue weighted by Crippen LogP contribution is 2.29. The van der Waals surface area contributed by atoms with Gasteiger partial charge in [0.2, 0.25) is 0 Å². The molecule has 0 heterocycles. The van der Waals surface area contributed by atoms with Gasteiger partial charge < -0.3 is 10.5 Å². The monoisotopic (exact) mass is 264 g/mol. The van der Waals surface area contributed by atoms with Crippen LogP contribution < -0.4 is 10.5 Å². The molecule has 108 valence electrons. The van der Waals surface area contributed by atoms with Crippen LogP contribution in [0.2, 0.25) is 0 Å². The zero-order valence-electron chi connectivity index (χ0n) is 12.9. The summed E-state index contributed by atoms with van der Waals surface area (Å²) >= 11 is 0. The smallest absolute Gasteiger partial charge is 0.119 e. The fourth-order valence-electron chi connectivity index (χ4n) is 2.58. The lowest BCUT2D eigenvalue weighted by atomic mass is 9.87. The molecule has 0 aromatic heterocycles. The van der Waals surface area contributed by atoms with Crippen LogP contribution in [0.3, 0.4) is 0 Å². The van der Waals surface area contributed by atoms with Gasteiger partial charge in [0.1, 0.15) is 5.75 Å². The molecule has 0 saturated carbocycles. The van der Waals surface area contributed by atoms with Crippen molar-refractivity contribution in [1.82, 2.24) is 4.90 Å². The van der Waals surface area contributed by atoms with Crippen LogP contribution in [0.4, 0.5) is 0 Å². The summed E-state index contributed by atoms with van der Waals surface area (Å²) in [5.74, 6) is 0.902. The molecule has 0 spiro atoms. The van der Waals surface area contributed by atoms with E-state index in [0.717, 1.165) is 24.4 Å². The fourth-order valence-corrected chi connectivity index (χ4v) is 2.58. The molecule has 1 rings (SSSR count). The van der Waals surface area contributed by atoms with Gasteiger partial charge in [-0.1, -0.05) is 26.0 Å². The summed E-state index contributed by atoms with van der Waals surface area (Å²) in [6, 6.07) is 8.12. The number of hydrogen-bond donors (Lipinski definition) is 1. The number of nitrogens with zero attached hydrogens (tertiary/aromatic N) is 1. The Morgan fingerprint density at radius 3 is 2.05 bits per heavy atom. The Labute approximate surface area is 117 Å². The Morgan fingerprint density at radius 2 is 1.63 bits per heavy atom. The lowest BCUT2D eigenvalue weighted by Gasteiger charge is -2.42. The van der Waals surface area contributed by atoms with Gasteiger partial charge in [0.25, 0.3) is 0 Å². The van der Waals surface area contributed by atoms with Gasteiger partial charge in [-0.15, -0.1) is 0 Å². The second-order valence-electron chi connectivity index (χ2n) is 5.31. The minimum Gasteiger partial charge on any atom is -0.494 e. The number of hydrogen-bond acceptors (Lipinski definition) is 3. The lowest BCUT2D eigenvalue weighted by molar-refractivity contribution is 0.107. The van der Waals surface area contributed by atoms with Crippen molar-refractivity contribution in [2.24, 2.45) is 5.73 Å². The highest BCUT2D eigenvalue weighted by Gasteiger charge is 2.32. The molecular formula is C16H28N2O. The molecule has 1 atom stereocenters. The molecule has 3 heteroatoms. The van der Waals surface area contributed by atoms with Crippen LogP contribution in [0.15, 0.2) is 24.3 Å². The van der Waals surface area contributed by atoms with Gasteiger partial charge in [0.15, 0.2) is 0 Å². The number of rotatable bonds is 7. The van der Waals surface area contributed by atoms with Gasteiger partial charge in [0.05, 0.1) is 6.61 Å². The highest BCUT2D eigenvalue weighted by molar-refractivity contribution is 5.30. The molecule has 1 aromatic carbocycles. The Kier molecular flexibility index (Phi) is 5.83. The predicted octanol–water partition coefficient (Wildman–Crippen LogP) is 3.21. The van der Waals surface area contributed by atoms with Gasteiger partial charge in [0, 0.05) is 11.6 Å². The van der Waals surface area contributed by atoms with E-state index < -0.39 is 0 Å². The SMILES string of the molecule is CCOc1ccc(C(N)C(C)(C)N(CC)CC)cc1. The van der Waals surface area contributed by atoms with Gasteiger partial charge in [-0.05, 0) is 51.6 Å². The fraction of sp³-hybridized carbons (Fsp3) is 0.625. The van der Waals surface area contributed by atoms with Crippen LogP contribution in [0.5, 0.6) is 5.75 Å². The lowest BCUT2D eigenvalue weighted by Crippen LogP contribution is -2.51. The third-order valence-corrected chi connectivity index (χ3v) is 3.89. The van der Waals surface area contributed by atoms with Crippen molar-refractivity contribution < 1.29 is 4.74 Å². The van der Waals surface area contributed by atoms with Crippen LogP contribution in [-0.4, -0.2) is 30.1 Å². The van der Waals surface area contributed by atoms with E-state index in [1.165, 1.54) is 0 Å². The Balaban J connectivity index is 2.89. The number of ether oxygens (including phenoxy) is 1. The van der Waals surface area contributed by atoms with Crippen molar-refractivity contribution in [1.29, 1.82) is 0 Å². The zero-order valence-corrected chi connectivity index (χ0v) is 12.9. The molecule has 19 heavy (non-hydrogen) atoms. The van der Waals surface area contributed by atoms with E-state index in [2.05, 4.69) is 44.7 Å². The third kappa shape index (κ3) is 3.71. The van der Waals surface area contributed by atoms with Crippen molar-refractivity contribution in [2.45, 2.75) is 46.2 Å². The molecule has 0 aliphatic heterocycles. The quantitative estimate of drug-likeness (QED) is 0.822. The van der Waals surface area contributed by atoms with E-state index in [9.17, 15) is 0 Å². The van der Waals surface area contributed by atoms with Gasteiger partial charge in [-0.3, -0.25) is 4.90 Å². The van der Waals surface area contributed by atoms with Crippen LogP contribution in [-0.2, 0) is 0 Å². The first-order chi connectivity index (χ1) is 8.97. The van der Waals surface area contributed by atoms with E-state index >= 15 is 0 Å². The third-order valence-electron chi connectivity index (χ3n) is 3.89. The van der Waals surface area contributed by atoms with Crippen LogP contribution in [0.1, 0.15) is 46.2 Å². The summed E-state index contributed by atoms with van der Waals surface area (Å²) in [7, 11) is 0. The molecule has 0 saturated heterocycles. The number of benzene rings is 1. The van der Waals surface area contributed by atoms with Crippen LogP contribution >= 0.6 is 0 Å². The second-order valence-corrected chi connectivity index (χ2v) is 5.31. The summed E-state index contributed by atoms with van der Waals surface area (Å²) in [4.78, 5) is 2.40. The molecule has 0 bridgehead atoms. The van der Waals surface area contributed by atoms with Crippen LogP contribution in [0.25, 0.3) is 0 Å². The Bertz CT molecular complexity index is 369. The summed E-state index contributed by atoms with van der Waals surface area (Å²) < 4.78 is 5.46. The normalized spacial score (nSPS) is 13.6. The van der Waals surface area contributed by atoms with E-state index in [1.807, 2.05) is 19.1 Å². The average molecular weight is 264 g/mol. The summed E-state index contributed by atoms with van der Waals surface area (Å²) in [5, 5.41) is 0. The van der Waals surface area contributed by atoms with Crippen molar-refractivity contribution >= 4 is 0 Å². The number of likely N-dealkylation sites (N-methyl/N-ethyl adjacent to an activating group) is 1. The second kappa shape index (κ2) is 6.92. The minimum absolute atomic E-state index is 0.0110. The molecule has 0 fully saturated rings. The van der Waals surface area contributed by atoms with Crippen molar-refractivity contribution in [3.8, 4) is 5.75 Å². The van der Waals surface area contributed by atoms with Crippen molar-refractivity contribution in [2.75, 3.05) is 19.7 Å². The topological polar surface area (TPSA) is 38.5 Å². The Morgan fingerprint density at radius 1 is 1.11 bits per heavy atom. The standard InChI is InChI=1S/C16H28N2O/c1-6-18(7-2)16(4,5)15(17)13-9-11-14(12-10-13)19-8-3/h9-12,15H,6-8,17H2,1-5H3. The maximum Gasteiger partial charge on any atom is 0.119 e. The Hall–Kier alpha value is -1.06. The minimum atomic E-state index is -0.0589. The maximum atomic E-state index is 6.47. The van der Waals surface area contributed by atoms with Crippen LogP contribution in [0, 0.1) is 0 Å². The van der Waals surface area contributed by atoms with Gasteiger partial charge in [-0.2, -0.15) is 0 Å². The molecule has 2 N–H and O–H groups in total. The largest absolute Gasteiger partial charge is 0.494 e. The first-order valence-electron chi connectivity index (χ1n) is 7.20. The summed E-state index contributed by atoms with van der Waals surface area (Å²) in [6.07, 6.45) is 0. The first kappa shape index (κ1) is 16.0. The molecular weight excluding hydrogens is 236 g/mol. The summed E-state index contributed by atoms with van der Waals surface area (Å²) in [6.45, 7) is 13.5. The van der Waals surface area contributed by atoms with Gasteiger partial charge >= 0.3 is 0 Å². The molecule has 1 unspecified atom stereocenters. The predicted molar refractivity (Wildman–Crippen MR) is 81.5 cm³/mol. The first-order valence-corrected chi connectivity index (χ1v) is 7.20. The van der Waals surface area contributed by atoms with E-state index in [0.29, 0.717) is 6.61 Å². The zero-order chi connectivity index (χ0) is 14.5. The molecule has 0 amide bonds. The molecule has 1 aromatic rings. The van der Waals surface area contributed by atoms with E-state index in [1.54, 1.807) is 0 Å². The van der Waals surface area contributed by atoms with E-state index in [-0.39, 0.29) is 11.6 Å². The molecule has 0 radical (unpaired) electrons. The number of nitrogens with two attached hydrogens (primary N) is 1. The van der Waals surface area contributed by atoms with Gasteiger partial charge in [-0.25, -0.2) is 0 Å². The highest BCUT2D eigenvalue weighted by atomic mass is 16.5. The molecule has 3 nitrogen and oxygen atoms in total. The summed E-state index contributed by atoms with van der Waals surface area (Å²) in [5.41, 5.74) is 7.56. The van der Waals surface area contributed by atoms with Crippen molar-refractivity contribution in [3.63, 3.8) is 0 Å². The van der Waals surface area contributed by atoms with Crippen molar-refractivity contribution in [3.05, 3.63) is 29.8 Å². The molecule has 0 aliphatic carbocycles. The molecule has 0 aliphatic rings.